The lowest BCUT2D eigenvalue weighted by molar-refractivity contribution is 0.579. The van der Waals surface area contributed by atoms with Gasteiger partial charge < -0.3 is 4.57 Å². The second-order valence-corrected chi connectivity index (χ2v) is 6.73. The standard InChI is InChI=1S/C12H17N5O2S/c1-3-16-7-6-10-11(16)13-8-14-12(10)17(9-4-5-9)15-20(2,18)19/h6-9,15H,3-5H2,1-2H3. The van der Waals surface area contributed by atoms with Crippen LogP contribution in [-0.2, 0) is 16.6 Å². The first-order valence-electron chi connectivity index (χ1n) is 6.56. The number of rotatable bonds is 5. The highest BCUT2D eigenvalue weighted by Crippen LogP contribution is 2.32. The van der Waals surface area contributed by atoms with Crippen molar-refractivity contribution < 1.29 is 8.42 Å². The average Bonchev–Trinajstić information content (AvgIpc) is 3.14. The van der Waals surface area contributed by atoms with Crippen LogP contribution >= 0.6 is 0 Å². The molecule has 1 fully saturated rings. The molecule has 1 N–H and O–H groups in total. The number of anilines is 1. The number of fused-ring (bicyclic) bond motifs is 1. The summed E-state index contributed by atoms with van der Waals surface area (Å²) in [5.41, 5.74) is 0.818. The van der Waals surface area contributed by atoms with Crippen molar-refractivity contribution in [1.82, 2.24) is 19.4 Å². The van der Waals surface area contributed by atoms with Crippen LogP contribution in [0, 0.1) is 0 Å². The second-order valence-electron chi connectivity index (χ2n) is 5.00. The smallest absolute Gasteiger partial charge is 0.225 e. The van der Waals surface area contributed by atoms with Crippen LogP contribution in [0.4, 0.5) is 5.82 Å². The molecule has 0 aliphatic heterocycles. The van der Waals surface area contributed by atoms with Crippen LogP contribution in [0.1, 0.15) is 19.8 Å². The number of nitrogens with one attached hydrogen (secondary N) is 1. The average molecular weight is 295 g/mol. The fourth-order valence-corrected chi connectivity index (χ4v) is 2.83. The third-order valence-corrected chi connectivity index (χ3v) is 3.81. The van der Waals surface area contributed by atoms with Gasteiger partial charge >= 0.3 is 0 Å². The number of aromatic nitrogens is 3. The van der Waals surface area contributed by atoms with Gasteiger partial charge in [0.05, 0.1) is 11.6 Å². The topological polar surface area (TPSA) is 80.1 Å². The maximum Gasteiger partial charge on any atom is 0.225 e. The zero-order valence-electron chi connectivity index (χ0n) is 11.4. The van der Waals surface area contributed by atoms with E-state index in [1.54, 1.807) is 5.01 Å². The van der Waals surface area contributed by atoms with Gasteiger partial charge in [0.1, 0.15) is 12.0 Å². The Hall–Kier alpha value is -1.67. The van der Waals surface area contributed by atoms with Crippen LogP contribution in [0.15, 0.2) is 18.6 Å². The van der Waals surface area contributed by atoms with E-state index in [0.717, 1.165) is 36.7 Å². The molecule has 0 spiro atoms. The first-order valence-corrected chi connectivity index (χ1v) is 8.45. The molecule has 2 heterocycles. The molecular weight excluding hydrogens is 278 g/mol. The first kappa shape index (κ1) is 13.3. The van der Waals surface area contributed by atoms with E-state index in [2.05, 4.69) is 14.8 Å². The van der Waals surface area contributed by atoms with Crippen molar-refractivity contribution >= 4 is 26.9 Å². The van der Waals surface area contributed by atoms with Crippen molar-refractivity contribution in [2.45, 2.75) is 32.4 Å². The van der Waals surface area contributed by atoms with Crippen LogP contribution in [0.25, 0.3) is 11.0 Å². The molecule has 0 saturated heterocycles. The highest BCUT2D eigenvalue weighted by Gasteiger charge is 2.33. The van der Waals surface area contributed by atoms with Crippen LogP contribution < -0.4 is 9.84 Å². The molecule has 0 radical (unpaired) electrons. The van der Waals surface area contributed by atoms with Gasteiger partial charge in [-0.15, -0.1) is 4.83 Å². The lowest BCUT2D eigenvalue weighted by Gasteiger charge is -2.23. The van der Waals surface area contributed by atoms with Crippen LogP contribution in [-0.4, -0.2) is 35.3 Å². The van der Waals surface area contributed by atoms with E-state index in [-0.39, 0.29) is 6.04 Å². The predicted octanol–water partition coefficient (Wildman–Crippen LogP) is 0.884. The molecule has 20 heavy (non-hydrogen) atoms. The first-order chi connectivity index (χ1) is 9.49. The number of aryl methyl sites for hydroxylation is 1. The molecule has 0 aromatic carbocycles. The summed E-state index contributed by atoms with van der Waals surface area (Å²) in [6, 6.07) is 2.10. The van der Waals surface area contributed by atoms with Crippen LogP contribution in [0.2, 0.25) is 0 Å². The molecule has 3 rings (SSSR count). The van der Waals surface area contributed by atoms with Gasteiger partial charge in [0.25, 0.3) is 0 Å². The molecule has 0 amide bonds. The Morgan fingerprint density at radius 1 is 1.45 bits per heavy atom. The Kier molecular flexibility index (Phi) is 3.14. The quantitative estimate of drug-likeness (QED) is 0.828. The van der Waals surface area contributed by atoms with Crippen molar-refractivity contribution in [3.8, 4) is 0 Å². The van der Waals surface area contributed by atoms with Gasteiger partial charge in [0.2, 0.25) is 10.0 Å². The normalized spacial score (nSPS) is 15.7. The summed E-state index contributed by atoms with van der Waals surface area (Å²) in [5.74, 6) is 0.620. The van der Waals surface area contributed by atoms with Gasteiger partial charge in [-0.3, -0.25) is 5.01 Å². The number of hydrogen-bond donors (Lipinski definition) is 1. The Morgan fingerprint density at radius 2 is 2.20 bits per heavy atom. The molecule has 108 valence electrons. The molecular formula is C12H17N5O2S. The summed E-state index contributed by atoms with van der Waals surface area (Å²) in [6.07, 6.45) is 6.49. The van der Waals surface area contributed by atoms with Gasteiger partial charge in [0, 0.05) is 18.8 Å². The number of nitrogens with zero attached hydrogens (tertiary/aromatic N) is 4. The molecule has 0 unspecified atom stereocenters. The molecule has 1 saturated carbocycles. The zero-order valence-corrected chi connectivity index (χ0v) is 12.3. The number of hydrogen-bond acceptors (Lipinski definition) is 5. The SMILES string of the molecule is CCn1ccc2c(N(NS(C)(=O)=O)C3CC3)ncnc21. The lowest BCUT2D eigenvalue weighted by atomic mass is 10.3. The van der Waals surface area contributed by atoms with Crippen LogP contribution in [0.3, 0.4) is 0 Å². The summed E-state index contributed by atoms with van der Waals surface area (Å²) in [5, 5.41) is 2.51. The zero-order chi connectivity index (χ0) is 14.3. The molecule has 1 aliphatic carbocycles. The Bertz CT molecular complexity index is 735. The molecule has 8 heteroatoms. The van der Waals surface area contributed by atoms with E-state index < -0.39 is 10.0 Å². The van der Waals surface area contributed by atoms with Gasteiger partial charge in [-0.25, -0.2) is 18.4 Å². The fourth-order valence-electron chi connectivity index (χ4n) is 2.24. The lowest BCUT2D eigenvalue weighted by Crippen LogP contribution is -2.44. The van der Waals surface area contributed by atoms with Gasteiger partial charge in [-0.1, -0.05) is 0 Å². The minimum Gasteiger partial charge on any atom is -0.333 e. The third-order valence-electron chi connectivity index (χ3n) is 3.28. The van der Waals surface area contributed by atoms with E-state index in [4.69, 9.17) is 0 Å². The maximum absolute atomic E-state index is 11.5. The van der Waals surface area contributed by atoms with Crippen molar-refractivity contribution in [1.29, 1.82) is 0 Å². The van der Waals surface area contributed by atoms with Crippen molar-refractivity contribution in [3.63, 3.8) is 0 Å². The Labute approximate surface area is 117 Å². The van der Waals surface area contributed by atoms with E-state index in [1.807, 2.05) is 23.8 Å². The summed E-state index contributed by atoms with van der Waals surface area (Å²) in [6.45, 7) is 2.84. The van der Waals surface area contributed by atoms with Crippen LogP contribution in [0.5, 0.6) is 0 Å². The van der Waals surface area contributed by atoms with E-state index in [9.17, 15) is 8.42 Å². The minimum atomic E-state index is -3.34. The Balaban J connectivity index is 2.09. The van der Waals surface area contributed by atoms with Gasteiger partial charge in [0.15, 0.2) is 5.82 Å². The number of hydrazine groups is 1. The third kappa shape index (κ3) is 2.48. The maximum atomic E-state index is 11.5. The fraction of sp³-hybridized carbons (Fsp3) is 0.500. The minimum absolute atomic E-state index is 0.174. The molecule has 1 aliphatic rings. The summed E-state index contributed by atoms with van der Waals surface area (Å²) in [7, 11) is -3.34. The van der Waals surface area contributed by atoms with E-state index >= 15 is 0 Å². The van der Waals surface area contributed by atoms with Gasteiger partial charge in [-0.2, -0.15) is 0 Å². The number of sulfonamides is 1. The van der Waals surface area contributed by atoms with E-state index in [1.165, 1.54) is 6.33 Å². The van der Waals surface area contributed by atoms with Crippen molar-refractivity contribution in [2.75, 3.05) is 11.3 Å². The largest absolute Gasteiger partial charge is 0.333 e. The van der Waals surface area contributed by atoms with E-state index in [0.29, 0.717) is 5.82 Å². The molecule has 2 aromatic heterocycles. The molecule has 7 nitrogen and oxygen atoms in total. The van der Waals surface area contributed by atoms with Gasteiger partial charge in [-0.05, 0) is 25.8 Å². The molecule has 0 atom stereocenters. The summed E-state index contributed by atoms with van der Waals surface area (Å²) < 4.78 is 25.1. The van der Waals surface area contributed by atoms with Crippen molar-refractivity contribution in [2.24, 2.45) is 0 Å². The predicted molar refractivity (Wildman–Crippen MR) is 76.7 cm³/mol. The highest BCUT2D eigenvalue weighted by atomic mass is 32.2. The second kappa shape index (κ2) is 4.71. The Morgan fingerprint density at radius 3 is 2.80 bits per heavy atom. The molecule has 0 bridgehead atoms. The van der Waals surface area contributed by atoms with Crippen molar-refractivity contribution in [3.05, 3.63) is 18.6 Å². The molecule has 2 aromatic rings. The highest BCUT2D eigenvalue weighted by molar-refractivity contribution is 7.88. The monoisotopic (exact) mass is 295 g/mol. The summed E-state index contributed by atoms with van der Waals surface area (Å²) in [4.78, 5) is 11.1. The summed E-state index contributed by atoms with van der Waals surface area (Å²) >= 11 is 0.